The Morgan fingerprint density at radius 1 is 0.674 bits per heavy atom. The lowest BCUT2D eigenvalue weighted by Crippen LogP contribution is -2.01. The topological polar surface area (TPSA) is 26.9 Å². The number of rotatable bonds is 8. The van der Waals surface area contributed by atoms with Crippen LogP contribution < -0.4 is 4.58 Å². The predicted molar refractivity (Wildman–Crippen MR) is 205 cm³/mol. The molecule has 0 spiro atoms. The molecule has 1 aliphatic heterocycles. The number of benzene rings is 5. The molecule has 1 heterocycles. The lowest BCUT2D eigenvalue weighted by Gasteiger charge is -2.09. The van der Waals surface area contributed by atoms with E-state index in [0.717, 1.165) is 12.0 Å². The molecular weight excluding hydrogens is 556 g/mol. The van der Waals surface area contributed by atoms with E-state index >= 15 is 0 Å². The van der Waals surface area contributed by atoms with Crippen LogP contribution in [-0.4, -0.2) is 12.4 Å². The van der Waals surface area contributed by atoms with E-state index in [4.69, 9.17) is 5.41 Å². The van der Waals surface area contributed by atoms with Crippen molar-refractivity contribution in [3.05, 3.63) is 157 Å². The predicted octanol–water partition coefficient (Wildman–Crippen LogP) is 12.5. The Labute approximate surface area is 273 Å². The molecule has 1 N–H and O–H groups in total. The largest absolute Gasteiger partial charge is 0.309 e. The van der Waals surface area contributed by atoms with Gasteiger partial charge >= 0.3 is 0 Å². The minimum atomic E-state index is 1.02. The summed E-state index contributed by atoms with van der Waals surface area (Å²) in [7, 11) is 0. The Kier molecular flexibility index (Phi) is 10.7. The van der Waals surface area contributed by atoms with Gasteiger partial charge in [-0.25, -0.2) is 0 Å². The van der Waals surface area contributed by atoms with Gasteiger partial charge in [0.25, 0.3) is 0 Å². The van der Waals surface area contributed by atoms with Gasteiger partial charge in [0, 0.05) is 18.4 Å². The molecule has 0 aromatic heterocycles. The third kappa shape index (κ3) is 6.87. The minimum absolute atomic E-state index is 1.02. The highest BCUT2D eigenvalue weighted by molar-refractivity contribution is 6.10. The Morgan fingerprint density at radius 2 is 1.41 bits per heavy atom. The van der Waals surface area contributed by atoms with E-state index in [1.807, 2.05) is 39.0 Å². The van der Waals surface area contributed by atoms with Crippen molar-refractivity contribution in [2.75, 3.05) is 0 Å². The van der Waals surface area contributed by atoms with Crippen LogP contribution in [-0.2, 0) is 0 Å². The number of allylic oxidation sites excluding steroid dienone is 7. The fraction of sp³-hybridized carbons (Fsp3) is 0.0909. The molecule has 0 radical (unpaired) electrons. The highest BCUT2D eigenvalue weighted by atomic mass is 15.0. The molecule has 46 heavy (non-hydrogen) atoms. The maximum atomic E-state index is 6.49. The van der Waals surface area contributed by atoms with Gasteiger partial charge in [0.05, 0.1) is 16.5 Å². The molecule has 6 rings (SSSR count). The molecule has 1 aliphatic rings. The van der Waals surface area contributed by atoms with Crippen molar-refractivity contribution < 1.29 is 0 Å². The molecule has 2 heteroatoms. The van der Waals surface area contributed by atoms with E-state index in [9.17, 15) is 0 Å². The van der Waals surface area contributed by atoms with Crippen LogP contribution in [0.5, 0.6) is 0 Å². The van der Waals surface area contributed by atoms with Crippen LogP contribution in [0.25, 0.3) is 56.3 Å². The third-order valence-corrected chi connectivity index (χ3v) is 7.99. The van der Waals surface area contributed by atoms with Crippen molar-refractivity contribution in [3.63, 3.8) is 0 Å². The monoisotopic (exact) mass is 597 g/mol. The Hall–Kier alpha value is -5.60. The van der Waals surface area contributed by atoms with Gasteiger partial charge in [-0.15, -0.1) is 0 Å². The van der Waals surface area contributed by atoms with Crippen molar-refractivity contribution in [2.45, 2.75) is 27.2 Å². The van der Waals surface area contributed by atoms with Gasteiger partial charge in [0.2, 0.25) is 11.4 Å². The molecule has 0 bridgehead atoms. The standard InChI is InChI=1S/C39H32N.C5H9N/c1-4-7-8-12-24-40-38-27-33(29-14-10-9-11-15-29)19-22-36(38)37-23-20-34-26-32(18-21-35(34)39(37)40)31-17-16-28(6-3)30(25-31)13-5-2;1-2-3-4-5-6/h4-27H,3H2,1-2H3;3-6H,2H2,1H3/q+1;/b7-4-,12-8-,13-5-,40-24?;4-3-,6-5?. The molecule has 0 saturated heterocycles. The smallest absolute Gasteiger partial charge is 0.227 e. The van der Waals surface area contributed by atoms with Crippen LogP contribution in [0.2, 0.25) is 0 Å². The average molecular weight is 598 g/mol. The first-order valence-electron chi connectivity index (χ1n) is 15.9. The first kappa shape index (κ1) is 31.8. The van der Waals surface area contributed by atoms with Gasteiger partial charge in [-0.3, -0.25) is 0 Å². The zero-order valence-corrected chi connectivity index (χ0v) is 26.9. The van der Waals surface area contributed by atoms with Gasteiger partial charge in [-0.05, 0) is 95.4 Å². The van der Waals surface area contributed by atoms with Crippen molar-refractivity contribution >= 4 is 46.7 Å². The molecule has 0 amide bonds. The molecule has 0 aliphatic carbocycles. The molecule has 5 aromatic rings. The van der Waals surface area contributed by atoms with E-state index in [1.165, 1.54) is 67.3 Å². The van der Waals surface area contributed by atoms with Crippen molar-refractivity contribution in [3.8, 4) is 33.4 Å². The molecule has 226 valence electrons. The third-order valence-electron chi connectivity index (χ3n) is 7.99. The van der Waals surface area contributed by atoms with Crippen molar-refractivity contribution in [2.24, 2.45) is 0 Å². The summed E-state index contributed by atoms with van der Waals surface area (Å²) >= 11 is 0. The molecule has 0 atom stereocenters. The molecule has 0 saturated carbocycles. The zero-order chi connectivity index (χ0) is 32.3. The molecule has 2 nitrogen and oxygen atoms in total. The summed E-state index contributed by atoms with van der Waals surface area (Å²) in [5.74, 6) is 0. The second kappa shape index (κ2) is 15.4. The number of hydrogen-bond donors (Lipinski definition) is 1. The summed E-state index contributed by atoms with van der Waals surface area (Å²) in [5.41, 5.74) is 12.1. The second-order valence-electron chi connectivity index (χ2n) is 11.0. The number of nitrogens with one attached hydrogen (secondary N) is 1. The summed E-state index contributed by atoms with van der Waals surface area (Å²) < 4.78 is 2.35. The van der Waals surface area contributed by atoms with Crippen LogP contribution >= 0.6 is 0 Å². The Morgan fingerprint density at radius 3 is 2.13 bits per heavy atom. The summed E-state index contributed by atoms with van der Waals surface area (Å²) in [6, 6.07) is 35.4. The first-order chi connectivity index (χ1) is 22.6. The molecular formula is C44H41N2+. The normalized spacial score (nSPS) is 13.1. The zero-order valence-electron chi connectivity index (χ0n) is 26.9. The molecule has 5 aromatic carbocycles. The van der Waals surface area contributed by atoms with Gasteiger partial charge in [0.1, 0.15) is 0 Å². The second-order valence-corrected chi connectivity index (χ2v) is 11.0. The molecule has 0 unspecified atom stereocenters. The lowest BCUT2D eigenvalue weighted by atomic mass is 9.95. The van der Waals surface area contributed by atoms with Crippen LogP contribution in [0.3, 0.4) is 0 Å². The van der Waals surface area contributed by atoms with Gasteiger partial charge in [0.15, 0.2) is 6.21 Å². The highest BCUT2D eigenvalue weighted by Crippen LogP contribution is 2.49. The van der Waals surface area contributed by atoms with E-state index in [-0.39, 0.29) is 0 Å². The lowest BCUT2D eigenvalue weighted by molar-refractivity contribution is 1.15. The Balaban J connectivity index is 0.000000635. The van der Waals surface area contributed by atoms with E-state index in [2.05, 4.69) is 145 Å². The van der Waals surface area contributed by atoms with Crippen molar-refractivity contribution in [1.82, 2.24) is 4.58 Å². The number of nitrogens with zero attached hydrogens (tertiary/aromatic N) is 1. The summed E-state index contributed by atoms with van der Waals surface area (Å²) in [6.45, 7) is 10.1. The van der Waals surface area contributed by atoms with Gasteiger partial charge in [-0.2, -0.15) is 4.58 Å². The van der Waals surface area contributed by atoms with Crippen LogP contribution in [0.1, 0.15) is 38.3 Å². The SMILES string of the molecule is C=Cc1ccc(-c2ccc3c4c(ccc3c2)-c2ccc(-c3ccccc3)cc2[N+]4=C/C=C\C=C/C)cc1/C=C\C.CC/C=C\C=N. The Bertz CT molecular complexity index is 2020. The van der Waals surface area contributed by atoms with Crippen LogP contribution in [0.15, 0.2) is 146 Å². The number of fused-ring (bicyclic) bond motifs is 5. The maximum Gasteiger partial charge on any atom is 0.227 e. The van der Waals surface area contributed by atoms with E-state index < -0.39 is 0 Å². The summed E-state index contributed by atoms with van der Waals surface area (Å²) in [6.07, 6.45) is 22.6. The highest BCUT2D eigenvalue weighted by Gasteiger charge is 2.33. The van der Waals surface area contributed by atoms with Gasteiger partial charge < -0.3 is 5.41 Å². The maximum absolute atomic E-state index is 6.49. The fourth-order valence-electron chi connectivity index (χ4n) is 5.79. The van der Waals surface area contributed by atoms with Gasteiger partial charge in [-0.1, -0.05) is 117 Å². The minimum Gasteiger partial charge on any atom is -0.309 e. The quantitative estimate of drug-likeness (QED) is 0.103. The van der Waals surface area contributed by atoms with Crippen molar-refractivity contribution in [1.29, 1.82) is 5.41 Å². The first-order valence-corrected chi connectivity index (χ1v) is 15.9. The van der Waals surface area contributed by atoms with Crippen LogP contribution in [0, 0.1) is 5.41 Å². The van der Waals surface area contributed by atoms with Crippen LogP contribution in [0.4, 0.5) is 11.4 Å². The fourth-order valence-corrected chi connectivity index (χ4v) is 5.79. The van der Waals surface area contributed by atoms with E-state index in [1.54, 1.807) is 6.08 Å². The average Bonchev–Trinajstić information content (AvgIpc) is 3.42. The molecule has 0 fully saturated rings. The summed E-state index contributed by atoms with van der Waals surface area (Å²) in [5, 5.41) is 8.96. The van der Waals surface area contributed by atoms with E-state index in [0.29, 0.717) is 0 Å². The number of hydrogen-bond acceptors (Lipinski definition) is 1. The summed E-state index contributed by atoms with van der Waals surface area (Å²) in [4.78, 5) is 0.